The predicted octanol–water partition coefficient (Wildman–Crippen LogP) is 2.82. The summed E-state index contributed by atoms with van der Waals surface area (Å²) in [4.78, 5) is 0. The van der Waals surface area contributed by atoms with E-state index < -0.39 is 0 Å². The lowest BCUT2D eigenvalue weighted by Gasteiger charge is -2.13. The number of nitrogens with one attached hydrogen (secondary N) is 2. The minimum atomic E-state index is 0.673. The lowest BCUT2D eigenvalue weighted by atomic mass is 10.1. The number of aryl methyl sites for hydroxylation is 2. The average Bonchev–Trinajstić information content (AvgIpc) is 2.97. The van der Waals surface area contributed by atoms with Crippen LogP contribution in [0.5, 0.6) is 0 Å². The maximum atomic E-state index is 5.31. The standard InChI is InChI=1S/C15H20N4S/c1-2-13-7-3-4-8-14(13)18-15(20)16-9-5-11-19-12-6-10-17-19/h3-4,6-8,10,12H,2,5,9,11H2,1H3,(H2,16,18,20). The highest BCUT2D eigenvalue weighted by molar-refractivity contribution is 7.80. The van der Waals surface area contributed by atoms with Gasteiger partial charge in [-0.3, -0.25) is 4.68 Å². The van der Waals surface area contributed by atoms with Crippen molar-refractivity contribution in [1.82, 2.24) is 15.1 Å². The topological polar surface area (TPSA) is 41.9 Å². The highest BCUT2D eigenvalue weighted by Gasteiger charge is 2.01. The second kappa shape index (κ2) is 7.65. The zero-order valence-corrected chi connectivity index (χ0v) is 12.5. The van der Waals surface area contributed by atoms with Crippen LogP contribution >= 0.6 is 12.2 Å². The molecule has 1 aromatic carbocycles. The molecule has 106 valence electrons. The predicted molar refractivity (Wildman–Crippen MR) is 86.9 cm³/mol. The fourth-order valence-electron chi connectivity index (χ4n) is 1.99. The lowest BCUT2D eigenvalue weighted by Crippen LogP contribution is -2.30. The molecule has 0 unspecified atom stereocenters. The molecule has 0 radical (unpaired) electrons. The van der Waals surface area contributed by atoms with Crippen molar-refractivity contribution in [3.05, 3.63) is 48.3 Å². The summed E-state index contributed by atoms with van der Waals surface area (Å²) in [5, 5.41) is 11.3. The molecular formula is C15H20N4S. The molecule has 1 aromatic heterocycles. The van der Waals surface area contributed by atoms with E-state index in [1.54, 1.807) is 6.20 Å². The SMILES string of the molecule is CCc1ccccc1NC(=S)NCCCn1cccn1. The molecule has 0 saturated carbocycles. The largest absolute Gasteiger partial charge is 0.362 e. The van der Waals surface area contributed by atoms with Gasteiger partial charge in [0.2, 0.25) is 0 Å². The molecule has 0 aliphatic heterocycles. The van der Waals surface area contributed by atoms with E-state index in [-0.39, 0.29) is 0 Å². The molecule has 0 spiro atoms. The quantitative estimate of drug-likeness (QED) is 0.633. The number of nitrogens with zero attached hydrogens (tertiary/aromatic N) is 2. The van der Waals surface area contributed by atoms with Gasteiger partial charge in [-0.15, -0.1) is 0 Å². The molecule has 0 aliphatic carbocycles. The van der Waals surface area contributed by atoms with Crippen LogP contribution in [0.25, 0.3) is 0 Å². The summed E-state index contributed by atoms with van der Waals surface area (Å²) in [6.45, 7) is 3.87. The highest BCUT2D eigenvalue weighted by atomic mass is 32.1. The first kappa shape index (κ1) is 14.5. The van der Waals surface area contributed by atoms with E-state index in [1.807, 2.05) is 29.1 Å². The van der Waals surface area contributed by atoms with Gasteiger partial charge in [-0.05, 0) is 42.8 Å². The number of rotatable bonds is 6. The van der Waals surface area contributed by atoms with Crippen LogP contribution in [0, 0.1) is 0 Å². The second-order valence-corrected chi connectivity index (χ2v) is 4.92. The van der Waals surface area contributed by atoms with Crippen molar-refractivity contribution >= 4 is 23.0 Å². The third-order valence-corrected chi connectivity index (χ3v) is 3.30. The molecule has 0 atom stereocenters. The molecule has 0 bridgehead atoms. The number of hydrogen-bond donors (Lipinski definition) is 2. The zero-order valence-electron chi connectivity index (χ0n) is 11.7. The van der Waals surface area contributed by atoms with Gasteiger partial charge < -0.3 is 10.6 Å². The molecule has 0 aliphatic rings. The van der Waals surface area contributed by atoms with Gasteiger partial charge in [-0.1, -0.05) is 25.1 Å². The molecule has 0 amide bonds. The Labute approximate surface area is 125 Å². The van der Waals surface area contributed by atoms with Crippen molar-refractivity contribution in [3.8, 4) is 0 Å². The van der Waals surface area contributed by atoms with Gasteiger partial charge in [0.1, 0.15) is 0 Å². The Balaban J connectivity index is 1.72. The van der Waals surface area contributed by atoms with Crippen molar-refractivity contribution in [3.63, 3.8) is 0 Å². The van der Waals surface area contributed by atoms with E-state index in [0.717, 1.165) is 31.6 Å². The fourth-order valence-corrected chi connectivity index (χ4v) is 2.20. The Bertz CT molecular complexity index is 537. The summed E-state index contributed by atoms with van der Waals surface area (Å²) in [5.74, 6) is 0. The van der Waals surface area contributed by atoms with E-state index in [9.17, 15) is 0 Å². The van der Waals surface area contributed by atoms with Crippen molar-refractivity contribution in [1.29, 1.82) is 0 Å². The molecule has 0 fully saturated rings. The van der Waals surface area contributed by atoms with Crippen LogP contribution in [-0.4, -0.2) is 21.4 Å². The molecule has 0 saturated heterocycles. The van der Waals surface area contributed by atoms with Crippen molar-refractivity contribution in [2.45, 2.75) is 26.3 Å². The van der Waals surface area contributed by atoms with Crippen LogP contribution in [0.15, 0.2) is 42.7 Å². The molecule has 1 heterocycles. The van der Waals surface area contributed by atoms with Crippen LogP contribution in [0.4, 0.5) is 5.69 Å². The molecule has 2 rings (SSSR count). The van der Waals surface area contributed by atoms with Crippen molar-refractivity contribution < 1.29 is 0 Å². The molecule has 5 heteroatoms. The van der Waals surface area contributed by atoms with Crippen LogP contribution in [-0.2, 0) is 13.0 Å². The third kappa shape index (κ3) is 4.35. The van der Waals surface area contributed by atoms with E-state index in [4.69, 9.17) is 12.2 Å². The van der Waals surface area contributed by atoms with Gasteiger partial charge in [0.25, 0.3) is 0 Å². The summed E-state index contributed by atoms with van der Waals surface area (Å²) in [7, 11) is 0. The van der Waals surface area contributed by atoms with Gasteiger partial charge >= 0.3 is 0 Å². The van der Waals surface area contributed by atoms with Gasteiger partial charge in [-0.25, -0.2) is 0 Å². The summed E-state index contributed by atoms with van der Waals surface area (Å²) in [5.41, 5.74) is 2.35. The Kier molecular flexibility index (Phi) is 5.55. The first-order valence-electron chi connectivity index (χ1n) is 6.89. The normalized spacial score (nSPS) is 10.2. The monoisotopic (exact) mass is 288 g/mol. The fraction of sp³-hybridized carbons (Fsp3) is 0.333. The molecule has 4 nitrogen and oxygen atoms in total. The summed E-state index contributed by atoms with van der Waals surface area (Å²) in [6, 6.07) is 10.2. The summed E-state index contributed by atoms with van der Waals surface area (Å²) < 4.78 is 1.92. The average molecular weight is 288 g/mol. The molecule has 2 aromatic rings. The molecule has 2 N–H and O–H groups in total. The van der Waals surface area contributed by atoms with E-state index in [0.29, 0.717) is 5.11 Å². The summed E-state index contributed by atoms with van der Waals surface area (Å²) in [6.07, 6.45) is 5.74. The number of thiocarbonyl (C=S) groups is 1. The molecule has 20 heavy (non-hydrogen) atoms. The third-order valence-electron chi connectivity index (χ3n) is 3.06. The van der Waals surface area contributed by atoms with Crippen LogP contribution in [0.3, 0.4) is 0 Å². The second-order valence-electron chi connectivity index (χ2n) is 4.51. The molecular weight excluding hydrogens is 268 g/mol. The maximum absolute atomic E-state index is 5.31. The number of benzene rings is 1. The van der Waals surface area contributed by atoms with Crippen LogP contribution in [0.1, 0.15) is 18.9 Å². The first-order valence-corrected chi connectivity index (χ1v) is 7.30. The Morgan fingerprint density at radius 3 is 2.90 bits per heavy atom. The number of hydrogen-bond acceptors (Lipinski definition) is 2. The Morgan fingerprint density at radius 1 is 1.30 bits per heavy atom. The minimum Gasteiger partial charge on any atom is -0.362 e. The van der Waals surface area contributed by atoms with Gasteiger partial charge in [0, 0.05) is 31.2 Å². The van der Waals surface area contributed by atoms with Crippen molar-refractivity contribution in [2.24, 2.45) is 0 Å². The first-order chi connectivity index (χ1) is 9.79. The van der Waals surface area contributed by atoms with E-state index in [1.165, 1.54) is 5.56 Å². The Morgan fingerprint density at radius 2 is 2.15 bits per heavy atom. The number of aromatic nitrogens is 2. The van der Waals surface area contributed by atoms with E-state index in [2.05, 4.69) is 34.8 Å². The van der Waals surface area contributed by atoms with Crippen LogP contribution in [0.2, 0.25) is 0 Å². The van der Waals surface area contributed by atoms with Gasteiger partial charge in [0.05, 0.1) is 0 Å². The van der Waals surface area contributed by atoms with E-state index >= 15 is 0 Å². The summed E-state index contributed by atoms with van der Waals surface area (Å²) >= 11 is 5.31. The number of para-hydroxylation sites is 1. The lowest BCUT2D eigenvalue weighted by molar-refractivity contribution is 0.574. The van der Waals surface area contributed by atoms with Gasteiger partial charge in [0.15, 0.2) is 5.11 Å². The maximum Gasteiger partial charge on any atom is 0.170 e. The number of anilines is 1. The highest BCUT2D eigenvalue weighted by Crippen LogP contribution is 2.14. The Hall–Kier alpha value is -1.88. The van der Waals surface area contributed by atoms with Crippen LogP contribution < -0.4 is 10.6 Å². The minimum absolute atomic E-state index is 0.673. The van der Waals surface area contributed by atoms with Gasteiger partial charge in [-0.2, -0.15) is 5.10 Å². The zero-order chi connectivity index (χ0) is 14.2. The smallest absolute Gasteiger partial charge is 0.170 e. The van der Waals surface area contributed by atoms with Crippen molar-refractivity contribution in [2.75, 3.05) is 11.9 Å².